The summed E-state index contributed by atoms with van der Waals surface area (Å²) in [6.45, 7) is 1.87. The van der Waals surface area contributed by atoms with Crippen LogP contribution in [0.25, 0.3) is 0 Å². The maximum atomic E-state index is 11.6. The van der Waals surface area contributed by atoms with Gasteiger partial charge in [0.2, 0.25) is 11.8 Å². The first-order valence-electron chi connectivity index (χ1n) is 5.30. The van der Waals surface area contributed by atoms with Crippen LogP contribution in [0.4, 0.5) is 0 Å². The van der Waals surface area contributed by atoms with Gasteiger partial charge >= 0.3 is 0 Å². The highest BCUT2D eigenvalue weighted by atomic mass is 16.2. The Labute approximate surface area is 94.0 Å². The quantitative estimate of drug-likeness (QED) is 0.714. The number of carbonyl (C=O) groups excluding carboxylic acids is 2. The average molecular weight is 218 g/mol. The molecule has 2 atom stereocenters. The van der Waals surface area contributed by atoms with Crippen LogP contribution in [-0.4, -0.2) is 23.9 Å². The maximum absolute atomic E-state index is 11.6. The van der Waals surface area contributed by atoms with Crippen molar-refractivity contribution in [2.45, 2.75) is 25.4 Å². The number of β-lactam (4-membered cyclic amide) rings is 1. The van der Waals surface area contributed by atoms with E-state index in [1.807, 2.05) is 37.3 Å². The lowest BCUT2D eigenvalue weighted by Gasteiger charge is -2.34. The highest BCUT2D eigenvalue weighted by Crippen LogP contribution is 2.06. The summed E-state index contributed by atoms with van der Waals surface area (Å²) in [5, 5.41) is 5.38. The molecule has 84 valence electrons. The van der Waals surface area contributed by atoms with Crippen LogP contribution < -0.4 is 10.6 Å². The number of rotatable bonds is 3. The summed E-state index contributed by atoms with van der Waals surface area (Å²) in [4.78, 5) is 22.7. The van der Waals surface area contributed by atoms with Crippen LogP contribution in [0.5, 0.6) is 0 Å². The van der Waals surface area contributed by atoms with E-state index in [0.717, 1.165) is 5.56 Å². The van der Waals surface area contributed by atoms with Gasteiger partial charge < -0.3 is 10.6 Å². The molecule has 0 radical (unpaired) electrons. The number of carbonyl (C=O) groups is 2. The van der Waals surface area contributed by atoms with Gasteiger partial charge in [0.15, 0.2) is 0 Å². The van der Waals surface area contributed by atoms with Crippen molar-refractivity contribution in [2.24, 2.45) is 0 Å². The van der Waals surface area contributed by atoms with Crippen LogP contribution in [-0.2, 0) is 16.0 Å². The Hall–Kier alpha value is -1.84. The molecule has 1 fully saturated rings. The summed E-state index contributed by atoms with van der Waals surface area (Å²) in [6, 6.07) is 9.14. The van der Waals surface area contributed by atoms with Gasteiger partial charge in [-0.05, 0) is 12.5 Å². The fourth-order valence-electron chi connectivity index (χ4n) is 1.72. The van der Waals surface area contributed by atoms with Crippen molar-refractivity contribution >= 4 is 11.8 Å². The molecule has 1 saturated heterocycles. The Morgan fingerprint density at radius 3 is 2.62 bits per heavy atom. The minimum absolute atomic E-state index is 0.0345. The largest absolute Gasteiger partial charge is 0.349 e. The number of amides is 2. The highest BCUT2D eigenvalue weighted by molar-refractivity contribution is 5.93. The van der Waals surface area contributed by atoms with E-state index in [1.54, 1.807) is 0 Å². The minimum atomic E-state index is -0.365. The lowest BCUT2D eigenvalue weighted by molar-refractivity contribution is -0.135. The molecule has 1 aliphatic heterocycles. The predicted molar refractivity (Wildman–Crippen MR) is 59.7 cm³/mol. The van der Waals surface area contributed by atoms with E-state index >= 15 is 0 Å². The zero-order valence-corrected chi connectivity index (χ0v) is 9.07. The van der Waals surface area contributed by atoms with Crippen LogP contribution in [0.3, 0.4) is 0 Å². The Morgan fingerprint density at radius 2 is 2.06 bits per heavy atom. The topological polar surface area (TPSA) is 58.2 Å². The summed E-state index contributed by atoms with van der Waals surface area (Å²) < 4.78 is 0. The standard InChI is InChI=1S/C12H14N2O2/c1-8-11(12(16)13-8)14-10(15)7-9-5-3-2-4-6-9/h2-6,8,11H,7H2,1H3,(H,13,16)(H,14,15)/t8-,11-/m1/s1. The zero-order chi connectivity index (χ0) is 11.5. The molecule has 0 spiro atoms. The van der Waals surface area contributed by atoms with Crippen molar-refractivity contribution in [1.29, 1.82) is 0 Å². The SMILES string of the molecule is C[C@H]1NC(=O)[C@@H]1NC(=O)Cc1ccccc1. The Balaban J connectivity index is 1.87. The van der Waals surface area contributed by atoms with E-state index in [2.05, 4.69) is 10.6 Å². The fraction of sp³-hybridized carbons (Fsp3) is 0.333. The Morgan fingerprint density at radius 1 is 1.38 bits per heavy atom. The lowest BCUT2D eigenvalue weighted by Crippen LogP contribution is -2.68. The van der Waals surface area contributed by atoms with E-state index in [-0.39, 0.29) is 23.9 Å². The molecule has 0 aliphatic carbocycles. The van der Waals surface area contributed by atoms with Crippen LogP contribution in [0.2, 0.25) is 0 Å². The third-order valence-corrected chi connectivity index (χ3v) is 2.68. The van der Waals surface area contributed by atoms with Gasteiger partial charge in [0.25, 0.3) is 0 Å². The number of hydrogen-bond acceptors (Lipinski definition) is 2. The molecule has 2 rings (SSSR count). The van der Waals surface area contributed by atoms with Gasteiger partial charge in [0, 0.05) is 0 Å². The predicted octanol–water partition coefficient (Wildman–Crippen LogP) is 0.232. The molecule has 2 amide bonds. The second kappa shape index (κ2) is 4.35. The highest BCUT2D eigenvalue weighted by Gasteiger charge is 2.36. The van der Waals surface area contributed by atoms with Crippen molar-refractivity contribution in [2.75, 3.05) is 0 Å². The van der Waals surface area contributed by atoms with Crippen LogP contribution in [0.15, 0.2) is 30.3 Å². The van der Waals surface area contributed by atoms with Gasteiger partial charge in [-0.3, -0.25) is 9.59 Å². The van der Waals surface area contributed by atoms with Gasteiger partial charge in [-0.15, -0.1) is 0 Å². The van der Waals surface area contributed by atoms with Crippen molar-refractivity contribution in [3.05, 3.63) is 35.9 Å². The molecule has 1 aromatic rings. The molecule has 0 unspecified atom stereocenters. The summed E-state index contributed by atoms with van der Waals surface area (Å²) >= 11 is 0. The van der Waals surface area contributed by atoms with Gasteiger partial charge in [0.05, 0.1) is 12.5 Å². The molecule has 1 aliphatic rings. The first-order valence-corrected chi connectivity index (χ1v) is 5.30. The van der Waals surface area contributed by atoms with Crippen molar-refractivity contribution in [3.63, 3.8) is 0 Å². The Bertz CT molecular complexity index is 403. The van der Waals surface area contributed by atoms with Crippen LogP contribution in [0.1, 0.15) is 12.5 Å². The third-order valence-electron chi connectivity index (χ3n) is 2.68. The normalized spacial score (nSPS) is 23.2. The second-order valence-corrected chi connectivity index (χ2v) is 4.00. The van der Waals surface area contributed by atoms with Crippen LogP contribution >= 0.6 is 0 Å². The van der Waals surface area contributed by atoms with Gasteiger partial charge in [-0.1, -0.05) is 30.3 Å². The molecule has 0 saturated carbocycles. The monoisotopic (exact) mass is 218 g/mol. The number of nitrogens with one attached hydrogen (secondary N) is 2. The van der Waals surface area contributed by atoms with Gasteiger partial charge in [-0.25, -0.2) is 0 Å². The first kappa shape index (κ1) is 10.7. The molecular formula is C12H14N2O2. The molecule has 0 aromatic heterocycles. The van der Waals surface area contributed by atoms with E-state index in [9.17, 15) is 9.59 Å². The summed E-state index contributed by atoms with van der Waals surface area (Å²) in [5.74, 6) is -0.216. The first-order chi connectivity index (χ1) is 7.66. The average Bonchev–Trinajstić information content (AvgIpc) is 2.28. The number of benzene rings is 1. The molecule has 4 heteroatoms. The molecule has 1 aromatic carbocycles. The molecule has 1 heterocycles. The van der Waals surface area contributed by atoms with Crippen molar-refractivity contribution in [1.82, 2.24) is 10.6 Å². The number of hydrogen-bond donors (Lipinski definition) is 2. The Kier molecular flexibility index (Phi) is 2.90. The minimum Gasteiger partial charge on any atom is -0.349 e. The molecular weight excluding hydrogens is 204 g/mol. The summed E-state index contributed by atoms with van der Waals surface area (Å²) in [6.07, 6.45) is 0.317. The molecule has 2 N–H and O–H groups in total. The molecule has 0 bridgehead atoms. The summed E-state index contributed by atoms with van der Waals surface area (Å²) in [7, 11) is 0. The van der Waals surface area contributed by atoms with E-state index in [4.69, 9.17) is 0 Å². The molecule has 16 heavy (non-hydrogen) atoms. The maximum Gasteiger partial charge on any atom is 0.245 e. The van der Waals surface area contributed by atoms with Gasteiger partial charge in [-0.2, -0.15) is 0 Å². The third kappa shape index (κ3) is 2.21. The lowest BCUT2D eigenvalue weighted by atomic mass is 10.0. The molecule has 4 nitrogen and oxygen atoms in total. The smallest absolute Gasteiger partial charge is 0.245 e. The van der Waals surface area contributed by atoms with Crippen LogP contribution in [0, 0.1) is 0 Å². The van der Waals surface area contributed by atoms with E-state index in [0.29, 0.717) is 6.42 Å². The van der Waals surface area contributed by atoms with Crippen molar-refractivity contribution in [3.8, 4) is 0 Å². The van der Waals surface area contributed by atoms with Gasteiger partial charge in [0.1, 0.15) is 6.04 Å². The summed E-state index contributed by atoms with van der Waals surface area (Å²) in [5.41, 5.74) is 0.951. The second-order valence-electron chi connectivity index (χ2n) is 4.00. The zero-order valence-electron chi connectivity index (χ0n) is 9.07. The fourth-order valence-corrected chi connectivity index (χ4v) is 1.72. The van der Waals surface area contributed by atoms with E-state index in [1.165, 1.54) is 0 Å². The van der Waals surface area contributed by atoms with E-state index < -0.39 is 0 Å². The van der Waals surface area contributed by atoms with Crippen molar-refractivity contribution < 1.29 is 9.59 Å².